The molecule has 2 rings (SSSR count). The number of benzene rings is 2. The summed E-state index contributed by atoms with van der Waals surface area (Å²) in [5.74, 6) is -0.619. The van der Waals surface area contributed by atoms with Gasteiger partial charge in [-0.05, 0) is 24.3 Å². The van der Waals surface area contributed by atoms with Crippen LogP contribution in [0.15, 0.2) is 48.5 Å². The highest BCUT2D eigenvalue weighted by atomic mass is 31.1. The van der Waals surface area contributed by atoms with Gasteiger partial charge in [-0.3, -0.25) is 0 Å². The van der Waals surface area contributed by atoms with Crippen molar-refractivity contribution in [2.24, 2.45) is 0 Å². The van der Waals surface area contributed by atoms with Crippen LogP contribution in [0, 0.1) is 0 Å². The van der Waals surface area contributed by atoms with Crippen molar-refractivity contribution in [1.82, 2.24) is 0 Å². The second kappa shape index (κ2) is 7.31. The minimum absolute atomic E-state index is 0.309. The zero-order valence-corrected chi connectivity index (χ0v) is 12.0. The van der Waals surface area contributed by atoms with E-state index in [1.54, 1.807) is 0 Å². The third-order valence-corrected chi connectivity index (χ3v) is 3.47. The lowest BCUT2D eigenvalue weighted by Gasteiger charge is -2.13. The van der Waals surface area contributed by atoms with E-state index in [1.165, 1.54) is 36.4 Å². The van der Waals surface area contributed by atoms with Crippen LogP contribution in [0.4, 0.5) is 17.6 Å². The van der Waals surface area contributed by atoms with E-state index in [4.69, 9.17) is 9.05 Å². The Morgan fingerprint density at radius 2 is 1.09 bits per heavy atom. The van der Waals surface area contributed by atoms with Crippen LogP contribution in [0.25, 0.3) is 0 Å². The van der Waals surface area contributed by atoms with Gasteiger partial charge in [-0.1, -0.05) is 24.3 Å². The third-order valence-electron chi connectivity index (χ3n) is 2.69. The quantitative estimate of drug-likeness (QED) is 0.523. The molecule has 0 radical (unpaired) electrons. The maximum absolute atomic E-state index is 12.8. The molecule has 0 atom stereocenters. The Balaban J connectivity index is 2.15. The number of rotatable bonds is 6. The highest BCUT2D eigenvalue weighted by Gasteiger charge is 2.18. The van der Waals surface area contributed by atoms with Gasteiger partial charge in [0, 0.05) is 0 Å². The van der Waals surface area contributed by atoms with Gasteiger partial charge in [-0.25, -0.2) is 22.1 Å². The van der Waals surface area contributed by atoms with E-state index in [9.17, 15) is 22.1 Å². The molecule has 0 saturated heterocycles. The molecule has 0 saturated carbocycles. The fourth-order valence-corrected chi connectivity index (χ4v) is 2.48. The van der Waals surface area contributed by atoms with Crippen molar-refractivity contribution in [3.05, 3.63) is 59.7 Å². The lowest BCUT2D eigenvalue weighted by atomic mass is 10.2. The van der Waals surface area contributed by atoms with E-state index < -0.39 is 32.2 Å². The number of hydrogen-bond acceptors (Lipinski definition) is 3. The normalized spacial score (nSPS) is 11.2. The van der Waals surface area contributed by atoms with E-state index in [0.717, 1.165) is 12.1 Å². The SMILES string of the molecule is O=[PH](Oc1ccccc1C(F)F)Oc1ccccc1C(F)F. The average molecular weight is 334 g/mol. The molecular weight excluding hydrogens is 323 g/mol. The van der Waals surface area contributed by atoms with Crippen LogP contribution >= 0.6 is 8.25 Å². The van der Waals surface area contributed by atoms with Gasteiger partial charge in [0.25, 0.3) is 12.9 Å². The van der Waals surface area contributed by atoms with Gasteiger partial charge in [0.1, 0.15) is 11.5 Å². The van der Waals surface area contributed by atoms with Crippen LogP contribution in [-0.4, -0.2) is 0 Å². The Morgan fingerprint density at radius 3 is 1.45 bits per heavy atom. The molecule has 0 N–H and O–H groups in total. The van der Waals surface area contributed by atoms with Crippen molar-refractivity contribution >= 4 is 8.25 Å². The molecule has 0 amide bonds. The fourth-order valence-electron chi connectivity index (χ4n) is 1.71. The molecule has 2 aromatic carbocycles. The van der Waals surface area contributed by atoms with E-state index in [2.05, 4.69) is 0 Å². The fraction of sp³-hybridized carbons (Fsp3) is 0.143. The van der Waals surface area contributed by atoms with Crippen LogP contribution in [0.5, 0.6) is 11.5 Å². The lowest BCUT2D eigenvalue weighted by Crippen LogP contribution is -1.96. The molecule has 2 aromatic rings. The molecule has 0 bridgehead atoms. The van der Waals surface area contributed by atoms with Crippen LogP contribution < -0.4 is 9.05 Å². The van der Waals surface area contributed by atoms with Gasteiger partial charge < -0.3 is 9.05 Å². The van der Waals surface area contributed by atoms with Crippen molar-refractivity contribution in [2.45, 2.75) is 12.9 Å². The van der Waals surface area contributed by atoms with Gasteiger partial charge in [-0.2, -0.15) is 0 Å². The molecule has 22 heavy (non-hydrogen) atoms. The molecule has 0 aliphatic carbocycles. The van der Waals surface area contributed by atoms with Gasteiger partial charge in [0.05, 0.1) is 11.1 Å². The largest absolute Gasteiger partial charge is 0.418 e. The first kappa shape index (κ1) is 16.4. The summed E-state index contributed by atoms with van der Waals surface area (Å²) in [6.45, 7) is 0. The van der Waals surface area contributed by atoms with Crippen LogP contribution in [0.3, 0.4) is 0 Å². The molecule has 0 spiro atoms. The Hall–Kier alpha value is -2.01. The van der Waals surface area contributed by atoms with E-state index in [0.29, 0.717) is 0 Å². The second-order valence-corrected chi connectivity index (χ2v) is 5.04. The van der Waals surface area contributed by atoms with Gasteiger partial charge in [0.2, 0.25) is 0 Å². The smallest absolute Gasteiger partial charge is 0.417 e. The van der Waals surface area contributed by atoms with E-state index >= 15 is 0 Å². The van der Waals surface area contributed by atoms with Crippen LogP contribution in [0.2, 0.25) is 0 Å². The number of alkyl halides is 4. The minimum Gasteiger partial charge on any atom is -0.417 e. The van der Waals surface area contributed by atoms with Crippen molar-refractivity contribution in [3.8, 4) is 11.5 Å². The van der Waals surface area contributed by atoms with Crippen molar-refractivity contribution < 1.29 is 31.2 Å². The lowest BCUT2D eigenvalue weighted by molar-refractivity contribution is 0.148. The average Bonchev–Trinajstić information content (AvgIpc) is 2.47. The minimum atomic E-state index is -3.32. The molecule has 3 nitrogen and oxygen atoms in total. The zero-order chi connectivity index (χ0) is 16.1. The third kappa shape index (κ3) is 4.01. The standard InChI is InChI=1S/C14H11F4O3P/c15-13(16)9-5-1-3-7-11(9)20-22(19)21-12-8-4-2-6-10(12)14(17)18/h1-8,13-14,22H. The summed E-state index contributed by atoms with van der Waals surface area (Å²) in [5, 5.41) is 0. The number of halogens is 4. The van der Waals surface area contributed by atoms with E-state index in [-0.39, 0.29) is 11.5 Å². The van der Waals surface area contributed by atoms with Crippen LogP contribution in [-0.2, 0) is 4.57 Å². The van der Waals surface area contributed by atoms with Crippen LogP contribution in [0.1, 0.15) is 24.0 Å². The summed E-state index contributed by atoms with van der Waals surface area (Å²) in [6, 6.07) is 10.2. The summed E-state index contributed by atoms with van der Waals surface area (Å²) < 4.78 is 72.5. The molecule has 0 aliphatic heterocycles. The maximum Gasteiger partial charge on any atom is 0.418 e. The van der Waals surface area contributed by atoms with Gasteiger partial charge in [0.15, 0.2) is 0 Å². The summed E-state index contributed by atoms with van der Waals surface area (Å²) in [4.78, 5) is 0. The monoisotopic (exact) mass is 334 g/mol. The maximum atomic E-state index is 12.8. The Bertz CT molecular complexity index is 609. The molecule has 0 aromatic heterocycles. The Morgan fingerprint density at radius 1 is 0.727 bits per heavy atom. The predicted octanol–water partition coefficient (Wildman–Crippen LogP) is 5.41. The van der Waals surface area contributed by atoms with Gasteiger partial charge in [-0.15, -0.1) is 0 Å². The van der Waals surface area contributed by atoms with Crippen molar-refractivity contribution in [3.63, 3.8) is 0 Å². The molecular formula is C14H11F4O3P. The molecule has 0 aliphatic rings. The molecule has 118 valence electrons. The van der Waals surface area contributed by atoms with Gasteiger partial charge >= 0.3 is 8.25 Å². The summed E-state index contributed by atoms with van der Waals surface area (Å²) in [7, 11) is -3.32. The highest BCUT2D eigenvalue weighted by Crippen LogP contribution is 2.38. The Kier molecular flexibility index (Phi) is 5.44. The highest BCUT2D eigenvalue weighted by molar-refractivity contribution is 7.34. The molecule has 0 heterocycles. The zero-order valence-electron chi connectivity index (χ0n) is 11.0. The first-order chi connectivity index (χ1) is 10.5. The molecule has 0 fully saturated rings. The van der Waals surface area contributed by atoms with Crippen molar-refractivity contribution in [2.75, 3.05) is 0 Å². The molecule has 8 heteroatoms. The number of hydrogen-bond donors (Lipinski definition) is 0. The first-order valence-corrected chi connectivity index (χ1v) is 7.35. The number of para-hydroxylation sites is 2. The topological polar surface area (TPSA) is 35.5 Å². The summed E-state index contributed by atoms with van der Waals surface area (Å²) in [5.41, 5.74) is -0.904. The van der Waals surface area contributed by atoms with E-state index in [1.807, 2.05) is 0 Å². The predicted molar refractivity (Wildman–Crippen MR) is 73.1 cm³/mol. The molecule has 0 unspecified atom stereocenters. The summed E-state index contributed by atoms with van der Waals surface area (Å²) in [6.07, 6.45) is -5.64. The second-order valence-electron chi connectivity index (χ2n) is 4.13. The van der Waals surface area contributed by atoms with Crippen molar-refractivity contribution in [1.29, 1.82) is 0 Å². The summed E-state index contributed by atoms with van der Waals surface area (Å²) >= 11 is 0. The Labute approximate surface area is 124 Å². The first-order valence-electron chi connectivity index (χ1n) is 6.13.